The predicted molar refractivity (Wildman–Crippen MR) is 55.6 cm³/mol. The van der Waals surface area contributed by atoms with Gasteiger partial charge in [0.05, 0.1) is 4.90 Å². The summed E-state index contributed by atoms with van der Waals surface area (Å²) in [5, 5.41) is 1.63. The van der Waals surface area contributed by atoms with Crippen LogP contribution < -0.4 is 10.5 Å². The Hall–Kier alpha value is -0.430. The van der Waals surface area contributed by atoms with E-state index in [1.165, 1.54) is 11.3 Å². The monoisotopic (exact) mass is 232 g/mol. The minimum Gasteiger partial charge on any atom is -0.326 e. The number of thiophene rings is 1. The fourth-order valence-corrected chi connectivity index (χ4v) is 3.56. The molecule has 78 valence electrons. The van der Waals surface area contributed by atoms with Crippen LogP contribution in [0.4, 0.5) is 0 Å². The van der Waals surface area contributed by atoms with Crippen LogP contribution in [0.2, 0.25) is 0 Å². The van der Waals surface area contributed by atoms with Crippen LogP contribution in [-0.2, 0) is 16.6 Å². The predicted octanol–water partition coefficient (Wildman–Crippen LogP) is 0.647. The van der Waals surface area contributed by atoms with Gasteiger partial charge < -0.3 is 5.73 Å². The third-order valence-electron chi connectivity index (χ3n) is 2.04. The smallest absolute Gasteiger partial charge is 0.241 e. The fourth-order valence-electron chi connectivity index (χ4n) is 1.10. The second-order valence-electron chi connectivity index (χ2n) is 3.35. The van der Waals surface area contributed by atoms with Crippen LogP contribution in [0.3, 0.4) is 0 Å². The molecule has 0 spiro atoms. The van der Waals surface area contributed by atoms with Crippen molar-refractivity contribution in [3.8, 4) is 0 Å². The Morgan fingerprint density at radius 2 is 2.29 bits per heavy atom. The van der Waals surface area contributed by atoms with Crippen LogP contribution in [0.1, 0.15) is 17.7 Å². The zero-order valence-corrected chi connectivity index (χ0v) is 9.20. The molecule has 14 heavy (non-hydrogen) atoms. The summed E-state index contributed by atoms with van der Waals surface area (Å²) in [4.78, 5) is 1.23. The van der Waals surface area contributed by atoms with Gasteiger partial charge in [-0.25, -0.2) is 13.1 Å². The van der Waals surface area contributed by atoms with Crippen molar-refractivity contribution >= 4 is 21.4 Å². The number of hydrogen-bond acceptors (Lipinski definition) is 4. The number of nitrogens with one attached hydrogen (secondary N) is 1. The average molecular weight is 232 g/mol. The maximum atomic E-state index is 11.7. The van der Waals surface area contributed by atoms with Crippen LogP contribution >= 0.6 is 11.3 Å². The summed E-state index contributed by atoms with van der Waals surface area (Å²) in [5.74, 6) is 0. The molecular weight excluding hydrogens is 220 g/mol. The summed E-state index contributed by atoms with van der Waals surface area (Å²) in [6.45, 7) is 0.392. The standard InChI is InChI=1S/C8H12N2O2S2/c9-4-7-3-8(5-13-7)14(11,12)10-6-1-2-6/h3,5-6,10H,1-2,4,9H2. The molecule has 1 aliphatic rings. The SMILES string of the molecule is NCc1cc(S(=O)(=O)NC2CC2)cs1. The van der Waals surface area contributed by atoms with Gasteiger partial charge in [-0.15, -0.1) is 11.3 Å². The number of nitrogens with two attached hydrogens (primary N) is 1. The first kappa shape index (κ1) is 10.1. The first-order valence-electron chi connectivity index (χ1n) is 4.41. The average Bonchev–Trinajstić information content (AvgIpc) is 2.81. The van der Waals surface area contributed by atoms with E-state index < -0.39 is 10.0 Å². The molecule has 0 radical (unpaired) electrons. The Kier molecular flexibility index (Phi) is 2.61. The van der Waals surface area contributed by atoms with E-state index in [0.29, 0.717) is 11.4 Å². The minimum absolute atomic E-state index is 0.154. The molecule has 1 aliphatic carbocycles. The van der Waals surface area contributed by atoms with Crippen molar-refractivity contribution < 1.29 is 8.42 Å². The molecule has 0 amide bonds. The molecule has 0 atom stereocenters. The van der Waals surface area contributed by atoms with Crippen molar-refractivity contribution in [1.29, 1.82) is 0 Å². The molecule has 0 unspecified atom stereocenters. The Morgan fingerprint density at radius 3 is 2.79 bits per heavy atom. The summed E-state index contributed by atoms with van der Waals surface area (Å²) in [7, 11) is -3.28. The highest BCUT2D eigenvalue weighted by Gasteiger charge is 2.28. The van der Waals surface area contributed by atoms with Crippen LogP contribution in [0.15, 0.2) is 16.3 Å². The largest absolute Gasteiger partial charge is 0.326 e. The van der Waals surface area contributed by atoms with E-state index in [-0.39, 0.29) is 6.04 Å². The fraction of sp³-hybridized carbons (Fsp3) is 0.500. The van der Waals surface area contributed by atoms with E-state index in [9.17, 15) is 8.42 Å². The molecule has 1 aromatic rings. The van der Waals surface area contributed by atoms with Gasteiger partial charge in [0, 0.05) is 22.8 Å². The Balaban J connectivity index is 2.19. The maximum Gasteiger partial charge on any atom is 0.241 e. The molecule has 3 N–H and O–H groups in total. The van der Waals surface area contributed by atoms with Gasteiger partial charge in [-0.1, -0.05) is 0 Å². The van der Waals surface area contributed by atoms with Gasteiger partial charge in [0.25, 0.3) is 0 Å². The third kappa shape index (κ3) is 2.14. The first-order chi connectivity index (χ1) is 6.62. The van der Waals surface area contributed by atoms with Crippen molar-refractivity contribution in [3.05, 3.63) is 16.3 Å². The first-order valence-corrected chi connectivity index (χ1v) is 6.78. The van der Waals surface area contributed by atoms with E-state index in [1.54, 1.807) is 11.4 Å². The third-order valence-corrected chi connectivity index (χ3v) is 4.65. The zero-order valence-electron chi connectivity index (χ0n) is 7.56. The van der Waals surface area contributed by atoms with E-state index in [2.05, 4.69) is 4.72 Å². The second-order valence-corrected chi connectivity index (χ2v) is 6.06. The van der Waals surface area contributed by atoms with Gasteiger partial charge >= 0.3 is 0 Å². The topological polar surface area (TPSA) is 72.2 Å². The van der Waals surface area contributed by atoms with Crippen LogP contribution in [0, 0.1) is 0 Å². The quantitative estimate of drug-likeness (QED) is 0.800. The molecule has 0 bridgehead atoms. The van der Waals surface area contributed by atoms with Crippen LogP contribution in [0.5, 0.6) is 0 Å². The van der Waals surface area contributed by atoms with Crippen molar-refractivity contribution in [2.45, 2.75) is 30.3 Å². The van der Waals surface area contributed by atoms with Crippen molar-refractivity contribution in [2.75, 3.05) is 0 Å². The highest BCUT2D eigenvalue weighted by Crippen LogP contribution is 2.24. The second kappa shape index (κ2) is 3.62. The van der Waals surface area contributed by atoms with Gasteiger partial charge in [-0.2, -0.15) is 0 Å². The molecule has 6 heteroatoms. The molecule has 0 saturated heterocycles. The molecular formula is C8H12N2O2S2. The highest BCUT2D eigenvalue weighted by atomic mass is 32.2. The zero-order chi connectivity index (χ0) is 10.2. The van der Waals surface area contributed by atoms with E-state index in [4.69, 9.17) is 5.73 Å². The number of hydrogen-bond donors (Lipinski definition) is 2. The molecule has 0 aromatic carbocycles. The van der Waals surface area contributed by atoms with Crippen molar-refractivity contribution in [1.82, 2.24) is 4.72 Å². The van der Waals surface area contributed by atoms with E-state index in [0.717, 1.165) is 17.7 Å². The molecule has 1 heterocycles. The summed E-state index contributed by atoms with van der Waals surface area (Å²) >= 11 is 1.38. The van der Waals surface area contributed by atoms with Crippen LogP contribution in [-0.4, -0.2) is 14.5 Å². The van der Waals surface area contributed by atoms with Gasteiger partial charge in [0.15, 0.2) is 0 Å². The maximum absolute atomic E-state index is 11.7. The lowest BCUT2D eigenvalue weighted by molar-refractivity contribution is 0.581. The molecule has 1 saturated carbocycles. The van der Waals surface area contributed by atoms with Gasteiger partial charge in [-0.3, -0.25) is 0 Å². The number of rotatable bonds is 4. The van der Waals surface area contributed by atoms with Gasteiger partial charge in [0.1, 0.15) is 0 Å². The molecule has 4 nitrogen and oxygen atoms in total. The molecule has 2 rings (SSSR count). The summed E-state index contributed by atoms with van der Waals surface area (Å²) in [6.07, 6.45) is 1.90. The Bertz CT molecular complexity index is 420. The van der Waals surface area contributed by atoms with Crippen molar-refractivity contribution in [2.24, 2.45) is 5.73 Å². The normalized spacial score (nSPS) is 17.2. The molecule has 1 fully saturated rings. The lowest BCUT2D eigenvalue weighted by Crippen LogP contribution is -2.25. The summed E-state index contributed by atoms with van der Waals surface area (Å²) in [6, 6.07) is 1.79. The van der Waals surface area contributed by atoms with Gasteiger partial charge in [-0.05, 0) is 18.9 Å². The summed E-state index contributed by atoms with van der Waals surface area (Å²) < 4.78 is 26.0. The Morgan fingerprint density at radius 1 is 1.57 bits per heavy atom. The lowest BCUT2D eigenvalue weighted by atomic mass is 10.5. The Labute approximate surface area is 87.2 Å². The van der Waals surface area contributed by atoms with Gasteiger partial charge in [0.2, 0.25) is 10.0 Å². The van der Waals surface area contributed by atoms with Crippen molar-refractivity contribution in [3.63, 3.8) is 0 Å². The minimum atomic E-state index is -3.28. The van der Waals surface area contributed by atoms with E-state index >= 15 is 0 Å². The lowest BCUT2D eigenvalue weighted by Gasteiger charge is -2.01. The van der Waals surface area contributed by atoms with E-state index in [1.807, 2.05) is 0 Å². The summed E-state index contributed by atoms with van der Waals surface area (Å²) in [5.41, 5.74) is 5.42. The molecule has 1 aromatic heterocycles. The number of sulfonamides is 1. The van der Waals surface area contributed by atoms with Crippen LogP contribution in [0.25, 0.3) is 0 Å². The molecule has 0 aliphatic heterocycles. The highest BCUT2D eigenvalue weighted by molar-refractivity contribution is 7.89.